The fraction of sp³-hybridized carbons (Fsp3) is 0.462. The Bertz CT molecular complexity index is 436. The van der Waals surface area contributed by atoms with Gasteiger partial charge in [-0.3, -0.25) is 0 Å². The van der Waals surface area contributed by atoms with E-state index in [0.29, 0.717) is 22.9 Å². The number of rotatable bonds is 4. The van der Waals surface area contributed by atoms with Crippen LogP contribution in [0.4, 0.5) is 0 Å². The highest BCUT2D eigenvalue weighted by Crippen LogP contribution is 2.24. The summed E-state index contributed by atoms with van der Waals surface area (Å²) in [6.45, 7) is 4.64. The van der Waals surface area contributed by atoms with E-state index in [1.165, 1.54) is 0 Å². The minimum absolute atomic E-state index is 0.102. The summed E-state index contributed by atoms with van der Waals surface area (Å²) >= 11 is 5.89. The predicted molar refractivity (Wildman–Crippen MR) is 69.4 cm³/mol. The number of halogens is 1. The summed E-state index contributed by atoms with van der Waals surface area (Å²) in [7, 11) is 3.99. The van der Waals surface area contributed by atoms with Crippen LogP contribution in [0.2, 0.25) is 5.02 Å². The van der Waals surface area contributed by atoms with E-state index in [1.807, 2.05) is 14.1 Å². The van der Waals surface area contributed by atoms with Gasteiger partial charge in [-0.15, -0.1) is 0 Å². The quantitative estimate of drug-likeness (QED) is 0.827. The third kappa shape index (κ3) is 3.62. The van der Waals surface area contributed by atoms with Gasteiger partial charge in [-0.25, -0.2) is 0 Å². The van der Waals surface area contributed by atoms with Crippen LogP contribution in [0.15, 0.2) is 18.2 Å². The molecule has 17 heavy (non-hydrogen) atoms. The highest BCUT2D eigenvalue weighted by Gasteiger charge is 2.21. The molecule has 0 aliphatic carbocycles. The molecule has 0 N–H and O–H groups in total. The lowest BCUT2D eigenvalue weighted by atomic mass is 10.1. The van der Waals surface area contributed by atoms with E-state index in [-0.39, 0.29) is 5.54 Å². The molecule has 0 saturated carbocycles. The van der Waals surface area contributed by atoms with Crippen molar-refractivity contribution in [2.45, 2.75) is 19.4 Å². The minimum Gasteiger partial charge on any atom is -0.490 e. The third-order valence-electron chi connectivity index (χ3n) is 2.86. The molecule has 92 valence electrons. The standard InChI is InChI=1S/C13H17ClN2O/c1-13(2,16(3)4)9-17-12-7-11(14)6-5-10(12)8-15/h5-7H,9H2,1-4H3. The van der Waals surface area contributed by atoms with Gasteiger partial charge in [0, 0.05) is 16.6 Å². The lowest BCUT2D eigenvalue weighted by Gasteiger charge is -2.32. The van der Waals surface area contributed by atoms with Crippen LogP contribution in [0, 0.1) is 11.3 Å². The Balaban J connectivity index is 2.83. The number of ether oxygens (including phenoxy) is 1. The van der Waals surface area contributed by atoms with Crippen molar-refractivity contribution in [3.63, 3.8) is 0 Å². The molecule has 0 aliphatic rings. The van der Waals surface area contributed by atoms with Gasteiger partial charge in [-0.1, -0.05) is 11.6 Å². The van der Waals surface area contributed by atoms with Crippen LogP contribution >= 0.6 is 11.6 Å². The van der Waals surface area contributed by atoms with E-state index >= 15 is 0 Å². The molecule has 0 aliphatic heterocycles. The molecule has 0 atom stereocenters. The zero-order chi connectivity index (χ0) is 13.1. The first-order valence-corrected chi connectivity index (χ1v) is 5.74. The highest BCUT2D eigenvalue weighted by atomic mass is 35.5. The van der Waals surface area contributed by atoms with Crippen LogP contribution in [0.3, 0.4) is 0 Å². The van der Waals surface area contributed by atoms with E-state index in [1.54, 1.807) is 18.2 Å². The zero-order valence-electron chi connectivity index (χ0n) is 10.6. The summed E-state index contributed by atoms with van der Waals surface area (Å²) in [4.78, 5) is 2.07. The number of hydrogen-bond donors (Lipinski definition) is 0. The molecular weight excluding hydrogens is 236 g/mol. The van der Waals surface area contributed by atoms with Gasteiger partial charge < -0.3 is 9.64 Å². The Labute approximate surface area is 108 Å². The molecule has 3 nitrogen and oxygen atoms in total. The van der Waals surface area contributed by atoms with Gasteiger partial charge in [0.2, 0.25) is 0 Å². The monoisotopic (exact) mass is 252 g/mol. The molecule has 1 aromatic rings. The van der Waals surface area contributed by atoms with Crippen LogP contribution in [0.5, 0.6) is 5.75 Å². The van der Waals surface area contributed by atoms with Crippen LogP contribution in [-0.2, 0) is 0 Å². The van der Waals surface area contributed by atoms with Crippen molar-refractivity contribution in [2.75, 3.05) is 20.7 Å². The van der Waals surface area contributed by atoms with E-state index < -0.39 is 0 Å². The van der Waals surface area contributed by atoms with Crippen LogP contribution in [-0.4, -0.2) is 31.1 Å². The zero-order valence-corrected chi connectivity index (χ0v) is 11.4. The van der Waals surface area contributed by atoms with Gasteiger partial charge in [-0.2, -0.15) is 5.26 Å². The number of nitriles is 1. The molecule has 0 heterocycles. The fourth-order valence-corrected chi connectivity index (χ4v) is 1.25. The van der Waals surface area contributed by atoms with Crippen LogP contribution in [0.1, 0.15) is 19.4 Å². The van der Waals surface area contributed by atoms with Crippen LogP contribution < -0.4 is 4.74 Å². The Kier molecular flexibility index (Phi) is 4.39. The number of likely N-dealkylation sites (N-methyl/N-ethyl adjacent to an activating group) is 1. The van der Waals surface area contributed by atoms with Gasteiger partial charge in [0.15, 0.2) is 0 Å². The maximum atomic E-state index is 8.96. The molecule has 0 bridgehead atoms. The fourth-order valence-electron chi connectivity index (χ4n) is 1.09. The van der Waals surface area contributed by atoms with Crippen molar-refractivity contribution < 1.29 is 4.74 Å². The summed E-state index contributed by atoms with van der Waals surface area (Å²) in [6, 6.07) is 7.12. The molecule has 0 radical (unpaired) electrons. The van der Waals surface area contributed by atoms with E-state index in [9.17, 15) is 0 Å². The van der Waals surface area contributed by atoms with Gasteiger partial charge in [0.1, 0.15) is 18.4 Å². The Morgan fingerprint density at radius 1 is 1.41 bits per heavy atom. The highest BCUT2D eigenvalue weighted by molar-refractivity contribution is 6.30. The van der Waals surface area contributed by atoms with E-state index in [2.05, 4.69) is 24.8 Å². The molecule has 0 aromatic heterocycles. The molecule has 4 heteroatoms. The number of benzene rings is 1. The second-order valence-corrected chi connectivity index (χ2v) is 5.18. The first-order chi connectivity index (χ1) is 7.86. The first-order valence-electron chi connectivity index (χ1n) is 5.37. The predicted octanol–water partition coefficient (Wildman–Crippen LogP) is 2.93. The van der Waals surface area contributed by atoms with Crippen molar-refractivity contribution >= 4 is 11.6 Å². The molecule has 0 amide bonds. The third-order valence-corrected chi connectivity index (χ3v) is 3.09. The minimum atomic E-state index is -0.102. The van der Waals surface area contributed by atoms with Crippen molar-refractivity contribution in [3.8, 4) is 11.8 Å². The maximum Gasteiger partial charge on any atom is 0.138 e. The summed E-state index contributed by atoms with van der Waals surface area (Å²) < 4.78 is 5.69. The lowest BCUT2D eigenvalue weighted by molar-refractivity contribution is 0.114. The first kappa shape index (κ1) is 13.8. The number of hydrogen-bond acceptors (Lipinski definition) is 3. The van der Waals surface area contributed by atoms with Crippen molar-refractivity contribution in [2.24, 2.45) is 0 Å². The Hall–Kier alpha value is -1.24. The largest absolute Gasteiger partial charge is 0.490 e. The molecule has 1 rings (SSSR count). The van der Waals surface area contributed by atoms with Gasteiger partial charge in [0.25, 0.3) is 0 Å². The van der Waals surface area contributed by atoms with Crippen LogP contribution in [0.25, 0.3) is 0 Å². The van der Waals surface area contributed by atoms with Crippen molar-refractivity contribution in [3.05, 3.63) is 28.8 Å². The van der Waals surface area contributed by atoms with E-state index in [0.717, 1.165) is 0 Å². The van der Waals surface area contributed by atoms with Crippen molar-refractivity contribution in [1.82, 2.24) is 4.90 Å². The molecule has 0 saturated heterocycles. The summed E-state index contributed by atoms with van der Waals surface area (Å²) in [5.74, 6) is 0.537. The van der Waals surface area contributed by atoms with Crippen molar-refractivity contribution in [1.29, 1.82) is 5.26 Å². The van der Waals surface area contributed by atoms with Gasteiger partial charge in [0.05, 0.1) is 5.56 Å². The average Bonchev–Trinajstić information content (AvgIpc) is 2.26. The molecule has 0 spiro atoms. The average molecular weight is 253 g/mol. The van der Waals surface area contributed by atoms with Gasteiger partial charge >= 0.3 is 0 Å². The molecule has 1 aromatic carbocycles. The SMILES string of the molecule is CN(C)C(C)(C)COc1cc(Cl)ccc1C#N. The van der Waals surface area contributed by atoms with E-state index in [4.69, 9.17) is 21.6 Å². The molecule has 0 fully saturated rings. The topological polar surface area (TPSA) is 36.3 Å². The summed E-state index contributed by atoms with van der Waals surface area (Å²) in [6.07, 6.45) is 0. The molecular formula is C13H17ClN2O. The summed E-state index contributed by atoms with van der Waals surface area (Å²) in [5, 5.41) is 9.54. The smallest absolute Gasteiger partial charge is 0.138 e. The Morgan fingerprint density at radius 2 is 2.06 bits per heavy atom. The molecule has 0 unspecified atom stereocenters. The van der Waals surface area contributed by atoms with Gasteiger partial charge in [-0.05, 0) is 40.1 Å². The second-order valence-electron chi connectivity index (χ2n) is 4.75. The maximum absolute atomic E-state index is 8.96. The normalized spacial score (nSPS) is 11.4. The summed E-state index contributed by atoms with van der Waals surface area (Å²) in [5.41, 5.74) is 0.402. The lowest BCUT2D eigenvalue weighted by Crippen LogP contribution is -2.43. The Morgan fingerprint density at radius 3 is 2.59 bits per heavy atom. The number of nitrogens with zero attached hydrogens (tertiary/aromatic N) is 2. The second kappa shape index (κ2) is 5.39.